The molecule has 0 bridgehead atoms. The van der Waals surface area contributed by atoms with Crippen LogP contribution in [0.25, 0.3) is 22.3 Å². The molecule has 0 fully saturated rings. The zero-order chi connectivity index (χ0) is 41.3. The summed E-state index contributed by atoms with van der Waals surface area (Å²) in [4.78, 5) is 4.20. The van der Waals surface area contributed by atoms with Crippen molar-refractivity contribution in [2.24, 2.45) is 0 Å². The maximum absolute atomic E-state index is 10.1. The van der Waals surface area contributed by atoms with Crippen LogP contribution in [0.4, 0.5) is 0 Å². The normalized spacial score (nSPS) is 12.0. The SMILES string of the molecule is CC/C(=C(/c1ccc(OCCN(C)C)cc1)c1cccc(O)c1)c1ccccc1.CC/C(=C(\c1ccc(OCCN(C)C)cc1)c1cccc(O)c1)c1ccccc1. The highest BCUT2D eigenvalue weighted by molar-refractivity contribution is 5.99. The van der Waals surface area contributed by atoms with E-state index in [0.717, 1.165) is 70.8 Å². The zero-order valence-corrected chi connectivity index (χ0v) is 34.9. The number of aromatic hydroxyl groups is 2. The Labute approximate surface area is 346 Å². The van der Waals surface area contributed by atoms with Crippen molar-refractivity contribution in [1.82, 2.24) is 9.80 Å². The van der Waals surface area contributed by atoms with Gasteiger partial charge in [0.05, 0.1) is 0 Å². The van der Waals surface area contributed by atoms with Crippen molar-refractivity contribution in [1.29, 1.82) is 0 Å². The van der Waals surface area contributed by atoms with E-state index in [1.165, 1.54) is 22.3 Å². The van der Waals surface area contributed by atoms with Gasteiger partial charge in [-0.15, -0.1) is 0 Å². The summed E-state index contributed by atoms with van der Waals surface area (Å²) in [6, 6.07) is 52.3. The predicted octanol–water partition coefficient (Wildman–Crippen LogP) is 11.4. The Bertz CT molecular complexity index is 2050. The molecular weight excluding hydrogens is 717 g/mol. The third kappa shape index (κ3) is 12.5. The molecule has 6 heteroatoms. The first-order valence-corrected chi connectivity index (χ1v) is 20.1. The molecule has 6 nitrogen and oxygen atoms in total. The fourth-order valence-corrected chi connectivity index (χ4v) is 6.81. The molecule has 6 aromatic carbocycles. The quantitative estimate of drug-likeness (QED) is 0.0955. The van der Waals surface area contributed by atoms with Gasteiger partial charge in [0.25, 0.3) is 0 Å². The molecule has 6 aromatic rings. The lowest BCUT2D eigenvalue weighted by Gasteiger charge is -2.17. The molecule has 6 rings (SSSR count). The Morgan fingerprint density at radius 1 is 0.414 bits per heavy atom. The largest absolute Gasteiger partial charge is 0.508 e. The number of phenolic OH excluding ortho intramolecular Hbond substituents is 2. The molecule has 0 heterocycles. The van der Waals surface area contributed by atoms with E-state index in [1.54, 1.807) is 12.1 Å². The molecule has 0 aliphatic rings. The minimum Gasteiger partial charge on any atom is -0.508 e. The molecule has 0 saturated heterocycles. The maximum atomic E-state index is 10.1. The van der Waals surface area contributed by atoms with Crippen molar-refractivity contribution in [3.63, 3.8) is 0 Å². The minimum atomic E-state index is 0.271. The number of nitrogens with zero attached hydrogens (tertiary/aromatic N) is 2. The number of likely N-dealkylation sites (N-methyl/N-ethyl adjacent to an activating group) is 2. The van der Waals surface area contributed by atoms with E-state index in [0.29, 0.717) is 13.2 Å². The van der Waals surface area contributed by atoms with Crippen LogP contribution in [0.1, 0.15) is 60.1 Å². The molecule has 0 amide bonds. The molecule has 0 aliphatic carbocycles. The van der Waals surface area contributed by atoms with Crippen LogP contribution < -0.4 is 9.47 Å². The second kappa shape index (κ2) is 22.0. The van der Waals surface area contributed by atoms with Gasteiger partial charge in [0.1, 0.15) is 36.2 Å². The van der Waals surface area contributed by atoms with Crippen molar-refractivity contribution in [3.8, 4) is 23.0 Å². The first-order valence-electron chi connectivity index (χ1n) is 20.1. The van der Waals surface area contributed by atoms with Gasteiger partial charge in [-0.2, -0.15) is 0 Å². The van der Waals surface area contributed by atoms with Crippen molar-refractivity contribution >= 4 is 22.3 Å². The van der Waals surface area contributed by atoms with Gasteiger partial charge in [-0.25, -0.2) is 0 Å². The number of ether oxygens (including phenoxy) is 2. The van der Waals surface area contributed by atoms with E-state index >= 15 is 0 Å². The summed E-state index contributed by atoms with van der Waals surface area (Å²) in [6.45, 7) is 7.42. The van der Waals surface area contributed by atoms with Crippen LogP contribution in [0.2, 0.25) is 0 Å². The second-order valence-electron chi connectivity index (χ2n) is 14.6. The molecular formula is C52H58N2O4. The summed E-state index contributed by atoms with van der Waals surface area (Å²) in [7, 11) is 8.15. The standard InChI is InChI=1S/2C26H29NO2/c2*1-4-25(20-9-6-5-7-10-20)26(22-11-8-12-23(28)19-22)21-13-15-24(16-14-21)29-18-17-27(2)3/h2*5-16,19,28H,4,17-18H2,1-3H3/b26-25+;26-25-. The second-order valence-corrected chi connectivity index (χ2v) is 14.6. The Balaban J connectivity index is 0.000000221. The van der Waals surface area contributed by atoms with Crippen molar-refractivity contribution in [3.05, 3.63) is 191 Å². The van der Waals surface area contributed by atoms with E-state index in [-0.39, 0.29) is 11.5 Å². The fourth-order valence-electron chi connectivity index (χ4n) is 6.81. The first kappa shape index (κ1) is 43.1. The van der Waals surface area contributed by atoms with Crippen LogP contribution in [0.15, 0.2) is 158 Å². The average Bonchev–Trinajstić information content (AvgIpc) is 3.23. The Morgan fingerprint density at radius 2 is 0.759 bits per heavy atom. The molecule has 0 unspecified atom stereocenters. The summed E-state index contributed by atoms with van der Waals surface area (Å²) in [5, 5.41) is 20.1. The molecule has 0 radical (unpaired) electrons. The van der Waals surface area contributed by atoms with E-state index < -0.39 is 0 Å². The molecule has 2 N–H and O–H groups in total. The smallest absolute Gasteiger partial charge is 0.119 e. The van der Waals surface area contributed by atoms with Crippen LogP contribution >= 0.6 is 0 Å². The Kier molecular flexibility index (Phi) is 16.3. The van der Waals surface area contributed by atoms with Gasteiger partial charge in [0, 0.05) is 13.1 Å². The molecule has 300 valence electrons. The van der Waals surface area contributed by atoms with E-state index in [4.69, 9.17) is 9.47 Å². The number of hydrogen-bond donors (Lipinski definition) is 2. The third-order valence-corrected chi connectivity index (χ3v) is 9.73. The molecule has 0 spiro atoms. The van der Waals surface area contributed by atoms with Crippen LogP contribution in [-0.4, -0.2) is 74.5 Å². The number of benzene rings is 6. The first-order chi connectivity index (χ1) is 28.2. The van der Waals surface area contributed by atoms with Crippen LogP contribution in [0.3, 0.4) is 0 Å². The van der Waals surface area contributed by atoms with Crippen LogP contribution in [0.5, 0.6) is 23.0 Å². The van der Waals surface area contributed by atoms with Gasteiger partial charge in [-0.05, 0) is 145 Å². The number of allylic oxidation sites excluding steroid dienone is 2. The van der Waals surface area contributed by atoms with E-state index in [1.807, 2.05) is 88.9 Å². The Morgan fingerprint density at radius 3 is 1.07 bits per heavy atom. The topological polar surface area (TPSA) is 65.4 Å². The third-order valence-electron chi connectivity index (χ3n) is 9.73. The van der Waals surface area contributed by atoms with Crippen LogP contribution in [0, 0.1) is 0 Å². The summed E-state index contributed by atoms with van der Waals surface area (Å²) < 4.78 is 11.7. The highest BCUT2D eigenvalue weighted by atomic mass is 16.5. The van der Waals surface area contributed by atoms with Crippen LogP contribution in [-0.2, 0) is 0 Å². The highest BCUT2D eigenvalue weighted by Gasteiger charge is 2.15. The number of rotatable bonds is 16. The lowest BCUT2D eigenvalue weighted by atomic mass is 9.88. The zero-order valence-electron chi connectivity index (χ0n) is 34.9. The van der Waals surface area contributed by atoms with Gasteiger partial charge in [0.15, 0.2) is 0 Å². The van der Waals surface area contributed by atoms with Gasteiger partial charge >= 0.3 is 0 Å². The van der Waals surface area contributed by atoms with Gasteiger partial charge in [-0.1, -0.05) is 123 Å². The fraction of sp³-hybridized carbons (Fsp3) is 0.231. The summed E-state index contributed by atoms with van der Waals surface area (Å²) in [5.41, 5.74) is 11.4. The summed E-state index contributed by atoms with van der Waals surface area (Å²) in [6.07, 6.45) is 1.77. The molecule has 0 aromatic heterocycles. The molecule has 0 atom stereocenters. The monoisotopic (exact) mass is 774 g/mol. The van der Waals surface area contributed by atoms with Crippen molar-refractivity contribution in [2.75, 3.05) is 54.5 Å². The summed E-state index contributed by atoms with van der Waals surface area (Å²) >= 11 is 0. The minimum absolute atomic E-state index is 0.271. The lowest BCUT2D eigenvalue weighted by molar-refractivity contribution is 0.261. The van der Waals surface area contributed by atoms with Gasteiger partial charge in [0.2, 0.25) is 0 Å². The number of phenols is 2. The molecule has 0 aliphatic heterocycles. The lowest BCUT2D eigenvalue weighted by Crippen LogP contribution is -2.19. The predicted molar refractivity (Wildman–Crippen MR) is 242 cm³/mol. The van der Waals surface area contributed by atoms with Gasteiger partial charge < -0.3 is 29.5 Å². The van der Waals surface area contributed by atoms with E-state index in [9.17, 15) is 10.2 Å². The average molecular weight is 775 g/mol. The molecule has 0 saturated carbocycles. The highest BCUT2D eigenvalue weighted by Crippen LogP contribution is 2.37. The van der Waals surface area contributed by atoms with Crippen molar-refractivity contribution < 1.29 is 19.7 Å². The Hall–Kier alpha value is -6.08. The van der Waals surface area contributed by atoms with Gasteiger partial charge in [-0.3, -0.25) is 0 Å². The number of hydrogen-bond acceptors (Lipinski definition) is 6. The van der Waals surface area contributed by atoms with E-state index in [2.05, 4.69) is 109 Å². The summed E-state index contributed by atoms with van der Waals surface area (Å²) in [5.74, 6) is 2.27. The van der Waals surface area contributed by atoms with Crippen molar-refractivity contribution in [2.45, 2.75) is 26.7 Å². The molecule has 58 heavy (non-hydrogen) atoms. The maximum Gasteiger partial charge on any atom is 0.119 e.